The molecule has 0 aliphatic heterocycles. The molecule has 4 rings (SSSR count). The van der Waals surface area contributed by atoms with Gasteiger partial charge in [0, 0.05) is 28.3 Å². The molecule has 7 nitrogen and oxygen atoms in total. The number of carbonyl (C=O) groups is 2. The smallest absolute Gasteiger partial charge is 0.271 e. The highest BCUT2D eigenvalue weighted by Crippen LogP contribution is 2.27. The van der Waals surface area contributed by atoms with Crippen molar-refractivity contribution in [2.45, 2.75) is 24.0 Å². The Morgan fingerprint density at radius 1 is 0.886 bits per heavy atom. The van der Waals surface area contributed by atoms with Crippen LogP contribution in [0.25, 0.3) is 10.8 Å². The van der Waals surface area contributed by atoms with E-state index in [4.69, 9.17) is 0 Å². The quantitative estimate of drug-likeness (QED) is 0.178. The molecule has 0 spiro atoms. The van der Waals surface area contributed by atoms with Gasteiger partial charge in [-0.05, 0) is 66.6 Å². The second-order valence-corrected chi connectivity index (χ2v) is 9.46. The van der Waals surface area contributed by atoms with E-state index in [1.807, 2.05) is 48.5 Å². The van der Waals surface area contributed by atoms with Crippen molar-refractivity contribution in [3.8, 4) is 0 Å². The third-order valence-corrected chi connectivity index (χ3v) is 6.61. The van der Waals surface area contributed by atoms with Gasteiger partial charge in [0.25, 0.3) is 11.6 Å². The van der Waals surface area contributed by atoms with E-state index in [0.29, 0.717) is 16.9 Å². The fourth-order valence-corrected chi connectivity index (χ4v) is 4.37. The maximum absolute atomic E-state index is 12.7. The number of anilines is 2. The van der Waals surface area contributed by atoms with Gasteiger partial charge in [-0.3, -0.25) is 19.7 Å². The van der Waals surface area contributed by atoms with Gasteiger partial charge < -0.3 is 10.6 Å². The van der Waals surface area contributed by atoms with E-state index in [-0.39, 0.29) is 17.5 Å². The van der Waals surface area contributed by atoms with E-state index < -0.39 is 10.2 Å². The number of rotatable bonds is 7. The fourth-order valence-electron chi connectivity index (χ4n) is 3.50. The van der Waals surface area contributed by atoms with Gasteiger partial charge >= 0.3 is 0 Å². The topological polar surface area (TPSA) is 101 Å². The van der Waals surface area contributed by atoms with Gasteiger partial charge in [0.1, 0.15) is 0 Å². The van der Waals surface area contributed by atoms with Gasteiger partial charge in [0.2, 0.25) is 5.91 Å². The van der Waals surface area contributed by atoms with Crippen LogP contribution in [0.4, 0.5) is 17.1 Å². The first-order valence-corrected chi connectivity index (χ1v) is 11.8. The molecule has 35 heavy (non-hydrogen) atoms. The van der Waals surface area contributed by atoms with E-state index in [9.17, 15) is 19.7 Å². The van der Waals surface area contributed by atoms with Crippen molar-refractivity contribution in [1.29, 1.82) is 0 Å². The number of carbonyl (C=O) groups excluding carboxylic acids is 2. The number of non-ortho nitro benzene ring substituents is 1. The number of thioether (sulfide) groups is 1. The zero-order valence-electron chi connectivity index (χ0n) is 19.1. The summed E-state index contributed by atoms with van der Waals surface area (Å²) in [5.74, 6) is -0.455. The molecule has 4 aromatic rings. The van der Waals surface area contributed by atoms with Crippen LogP contribution in [-0.4, -0.2) is 22.0 Å². The van der Waals surface area contributed by atoms with Crippen molar-refractivity contribution in [3.63, 3.8) is 0 Å². The van der Waals surface area contributed by atoms with Gasteiger partial charge in [-0.25, -0.2) is 0 Å². The Balaban J connectivity index is 1.37. The standard InChI is InChI=1S/C27H23N3O4S/c1-17-7-12-23(30(33)34)16-25(17)29-26(31)18(2)35-24-13-10-22(11-14-24)28-27(32)21-9-8-19-5-3-4-6-20(19)15-21/h3-16,18H,1-2H3,(H,28,32)(H,29,31). The first-order valence-electron chi connectivity index (χ1n) is 10.9. The van der Waals surface area contributed by atoms with Gasteiger partial charge in [-0.2, -0.15) is 0 Å². The summed E-state index contributed by atoms with van der Waals surface area (Å²) in [6, 6.07) is 25.1. The monoisotopic (exact) mass is 485 g/mol. The molecular formula is C27H23N3O4S. The van der Waals surface area contributed by atoms with Crippen LogP contribution in [0.3, 0.4) is 0 Å². The summed E-state index contributed by atoms with van der Waals surface area (Å²) >= 11 is 1.35. The average Bonchev–Trinajstić information content (AvgIpc) is 2.86. The summed E-state index contributed by atoms with van der Waals surface area (Å²) in [5, 5.41) is 18.3. The Morgan fingerprint density at radius 3 is 2.31 bits per heavy atom. The highest BCUT2D eigenvalue weighted by molar-refractivity contribution is 8.00. The molecule has 4 aromatic carbocycles. The Morgan fingerprint density at radius 2 is 1.60 bits per heavy atom. The number of nitrogens with zero attached hydrogens (tertiary/aromatic N) is 1. The largest absolute Gasteiger partial charge is 0.325 e. The van der Waals surface area contributed by atoms with Crippen LogP contribution >= 0.6 is 11.8 Å². The summed E-state index contributed by atoms with van der Waals surface area (Å²) in [7, 11) is 0. The predicted molar refractivity (Wildman–Crippen MR) is 140 cm³/mol. The number of nitro groups is 1. The van der Waals surface area contributed by atoms with Crippen molar-refractivity contribution in [2.75, 3.05) is 10.6 Å². The van der Waals surface area contributed by atoms with E-state index >= 15 is 0 Å². The average molecular weight is 486 g/mol. The number of hydrogen-bond donors (Lipinski definition) is 2. The van der Waals surface area contributed by atoms with Crippen LogP contribution in [-0.2, 0) is 4.79 Å². The molecule has 8 heteroatoms. The number of nitro benzene ring substituents is 1. The third kappa shape index (κ3) is 5.85. The number of benzene rings is 4. The van der Waals surface area contributed by atoms with Gasteiger partial charge in [0.05, 0.1) is 15.9 Å². The Labute approximate surface area is 206 Å². The molecule has 0 fully saturated rings. The number of amides is 2. The van der Waals surface area contributed by atoms with Crippen LogP contribution in [0.2, 0.25) is 0 Å². The number of nitrogens with one attached hydrogen (secondary N) is 2. The first kappa shape index (κ1) is 24.0. The fraction of sp³-hybridized carbons (Fsp3) is 0.111. The molecule has 0 saturated heterocycles. The Hall–Kier alpha value is -4.17. The lowest BCUT2D eigenvalue weighted by Gasteiger charge is -2.14. The molecule has 0 aliphatic carbocycles. The second-order valence-electron chi connectivity index (χ2n) is 8.05. The van der Waals surface area contributed by atoms with Crippen LogP contribution in [0.1, 0.15) is 22.8 Å². The van der Waals surface area contributed by atoms with Crippen LogP contribution in [0.5, 0.6) is 0 Å². The molecule has 0 heterocycles. The first-order chi connectivity index (χ1) is 16.8. The minimum absolute atomic E-state index is 0.0764. The molecule has 1 unspecified atom stereocenters. The van der Waals surface area contributed by atoms with Crippen LogP contribution in [0.15, 0.2) is 89.8 Å². The minimum atomic E-state index is -0.492. The van der Waals surface area contributed by atoms with Crippen molar-refractivity contribution < 1.29 is 14.5 Å². The summed E-state index contributed by atoms with van der Waals surface area (Å²) in [4.78, 5) is 36.7. The number of fused-ring (bicyclic) bond motifs is 1. The zero-order valence-corrected chi connectivity index (χ0v) is 20.0. The third-order valence-electron chi connectivity index (χ3n) is 5.50. The predicted octanol–water partition coefficient (Wildman–Crippen LogP) is 6.43. The van der Waals surface area contributed by atoms with E-state index in [1.54, 1.807) is 38.1 Å². The van der Waals surface area contributed by atoms with Crippen molar-refractivity contribution >= 4 is 51.4 Å². The normalized spacial score (nSPS) is 11.6. The number of aryl methyl sites for hydroxylation is 1. The number of hydrogen-bond acceptors (Lipinski definition) is 5. The molecule has 0 radical (unpaired) electrons. The Kier molecular flexibility index (Phi) is 7.12. The summed E-state index contributed by atoms with van der Waals surface area (Å²) in [6.07, 6.45) is 0. The van der Waals surface area contributed by atoms with Gasteiger partial charge in [-0.1, -0.05) is 36.4 Å². The highest BCUT2D eigenvalue weighted by Gasteiger charge is 2.17. The molecule has 2 N–H and O–H groups in total. The zero-order chi connectivity index (χ0) is 24.9. The highest BCUT2D eigenvalue weighted by atomic mass is 32.2. The van der Waals surface area contributed by atoms with Gasteiger partial charge in [0.15, 0.2) is 0 Å². The van der Waals surface area contributed by atoms with E-state index in [2.05, 4.69) is 10.6 Å². The maximum atomic E-state index is 12.7. The molecule has 0 aliphatic rings. The van der Waals surface area contributed by atoms with Crippen molar-refractivity contribution in [3.05, 3.63) is 106 Å². The summed E-state index contributed by atoms with van der Waals surface area (Å²) in [6.45, 7) is 3.55. The molecule has 0 saturated carbocycles. The lowest BCUT2D eigenvalue weighted by atomic mass is 10.1. The lowest BCUT2D eigenvalue weighted by Crippen LogP contribution is -2.22. The second kappa shape index (κ2) is 10.4. The Bertz CT molecular complexity index is 1420. The summed E-state index contributed by atoms with van der Waals surface area (Å²) in [5.41, 5.74) is 2.31. The molecule has 176 valence electrons. The maximum Gasteiger partial charge on any atom is 0.271 e. The molecule has 0 aromatic heterocycles. The van der Waals surface area contributed by atoms with E-state index in [0.717, 1.165) is 21.2 Å². The van der Waals surface area contributed by atoms with Crippen LogP contribution < -0.4 is 10.6 Å². The molecule has 1 atom stereocenters. The van der Waals surface area contributed by atoms with Crippen molar-refractivity contribution in [1.82, 2.24) is 0 Å². The lowest BCUT2D eigenvalue weighted by molar-refractivity contribution is -0.384. The van der Waals surface area contributed by atoms with Crippen molar-refractivity contribution in [2.24, 2.45) is 0 Å². The molecular weight excluding hydrogens is 462 g/mol. The van der Waals surface area contributed by atoms with E-state index in [1.165, 1.54) is 23.9 Å². The summed E-state index contributed by atoms with van der Waals surface area (Å²) < 4.78 is 0. The SMILES string of the molecule is Cc1ccc([N+](=O)[O-])cc1NC(=O)C(C)Sc1ccc(NC(=O)c2ccc3ccccc3c2)cc1. The molecule has 0 bridgehead atoms. The molecule has 2 amide bonds. The minimum Gasteiger partial charge on any atom is -0.325 e. The van der Waals surface area contributed by atoms with Gasteiger partial charge in [-0.15, -0.1) is 11.8 Å². The van der Waals surface area contributed by atoms with Crippen LogP contribution in [0, 0.1) is 17.0 Å².